The van der Waals surface area contributed by atoms with Crippen LogP contribution in [-0.4, -0.2) is 16.7 Å². The molecule has 0 saturated carbocycles. The summed E-state index contributed by atoms with van der Waals surface area (Å²) in [5, 5.41) is 13.3. The molecule has 0 fully saturated rings. The molecule has 0 radical (unpaired) electrons. The number of anilines is 3. The number of phenolic OH excluding ortho intramolecular Hbond substituents is 1. The fourth-order valence-corrected chi connectivity index (χ4v) is 3.03. The van der Waals surface area contributed by atoms with Gasteiger partial charge in [0, 0.05) is 22.5 Å². The number of carbonyl (C=O) groups excluding carboxylic acids is 2. The summed E-state index contributed by atoms with van der Waals surface area (Å²) in [4.78, 5) is 25.7. The van der Waals surface area contributed by atoms with E-state index in [0.29, 0.717) is 22.5 Å². The van der Waals surface area contributed by atoms with E-state index in [1.54, 1.807) is 54.6 Å². The zero-order chi connectivity index (χ0) is 17.6. The third-order valence-electron chi connectivity index (χ3n) is 4.24. The second kappa shape index (κ2) is 5.49. The van der Waals surface area contributed by atoms with Crippen LogP contribution in [0.4, 0.5) is 17.1 Å². The number of hydrogen-bond acceptors (Lipinski definition) is 5. The van der Waals surface area contributed by atoms with Crippen LogP contribution in [0.15, 0.2) is 60.7 Å². The highest BCUT2D eigenvalue weighted by molar-refractivity contribution is 6.31. The summed E-state index contributed by atoms with van der Waals surface area (Å²) in [6.07, 6.45) is 0. The Morgan fingerprint density at radius 1 is 0.760 bits per heavy atom. The number of nitrogen functional groups attached to an aromatic ring is 1. The van der Waals surface area contributed by atoms with Gasteiger partial charge in [0.15, 0.2) is 11.6 Å². The van der Waals surface area contributed by atoms with E-state index >= 15 is 0 Å². The van der Waals surface area contributed by atoms with Gasteiger partial charge in [0.05, 0.1) is 16.8 Å². The maximum atomic E-state index is 12.9. The number of ketones is 2. The molecule has 0 aromatic heterocycles. The Morgan fingerprint density at radius 3 is 2.00 bits per heavy atom. The highest BCUT2D eigenvalue weighted by Gasteiger charge is 2.33. The van der Waals surface area contributed by atoms with Crippen LogP contribution in [0, 0.1) is 0 Å². The average molecular weight is 330 g/mol. The van der Waals surface area contributed by atoms with Crippen molar-refractivity contribution in [3.05, 3.63) is 82.9 Å². The summed E-state index contributed by atoms with van der Waals surface area (Å²) >= 11 is 0. The number of nitrogens with two attached hydrogens (primary N) is 1. The number of benzene rings is 3. The molecule has 1 aliphatic rings. The molecule has 0 amide bonds. The van der Waals surface area contributed by atoms with E-state index in [1.165, 1.54) is 6.07 Å². The largest absolute Gasteiger partial charge is 0.507 e. The summed E-state index contributed by atoms with van der Waals surface area (Å²) in [5.74, 6) is -0.853. The van der Waals surface area contributed by atoms with Crippen molar-refractivity contribution in [2.45, 2.75) is 0 Å². The van der Waals surface area contributed by atoms with Gasteiger partial charge >= 0.3 is 0 Å². The predicted molar refractivity (Wildman–Crippen MR) is 95.6 cm³/mol. The molecule has 0 bridgehead atoms. The van der Waals surface area contributed by atoms with E-state index in [9.17, 15) is 14.7 Å². The van der Waals surface area contributed by atoms with Crippen molar-refractivity contribution in [1.29, 1.82) is 0 Å². The monoisotopic (exact) mass is 330 g/mol. The minimum Gasteiger partial charge on any atom is -0.507 e. The van der Waals surface area contributed by atoms with Gasteiger partial charge in [0.1, 0.15) is 5.75 Å². The Labute approximate surface area is 143 Å². The molecule has 0 unspecified atom stereocenters. The minimum atomic E-state index is -0.358. The van der Waals surface area contributed by atoms with Crippen LogP contribution in [0.5, 0.6) is 5.75 Å². The zero-order valence-electron chi connectivity index (χ0n) is 13.1. The van der Waals surface area contributed by atoms with Crippen LogP contribution in [0.3, 0.4) is 0 Å². The maximum Gasteiger partial charge on any atom is 0.198 e. The van der Waals surface area contributed by atoms with Crippen molar-refractivity contribution in [1.82, 2.24) is 0 Å². The summed E-state index contributed by atoms with van der Waals surface area (Å²) in [7, 11) is 0. The molecule has 1 aliphatic carbocycles. The van der Waals surface area contributed by atoms with E-state index < -0.39 is 0 Å². The van der Waals surface area contributed by atoms with Crippen molar-refractivity contribution >= 4 is 28.6 Å². The van der Waals surface area contributed by atoms with E-state index in [-0.39, 0.29) is 28.4 Å². The van der Waals surface area contributed by atoms with Gasteiger partial charge in [0.2, 0.25) is 0 Å². The Bertz CT molecular complexity index is 1020. The molecule has 0 spiro atoms. The van der Waals surface area contributed by atoms with Crippen LogP contribution in [0.2, 0.25) is 0 Å². The van der Waals surface area contributed by atoms with Crippen molar-refractivity contribution in [3.8, 4) is 5.75 Å². The number of hydrogen-bond donors (Lipinski definition) is 3. The summed E-state index contributed by atoms with van der Waals surface area (Å²) < 4.78 is 0. The van der Waals surface area contributed by atoms with Crippen LogP contribution >= 0.6 is 0 Å². The highest BCUT2D eigenvalue weighted by Crippen LogP contribution is 2.37. The van der Waals surface area contributed by atoms with Gasteiger partial charge in [0.25, 0.3) is 0 Å². The smallest absolute Gasteiger partial charge is 0.198 e. The molecule has 0 saturated heterocycles. The SMILES string of the molecule is Nc1ccc(Nc2ccc(O)c3c2C(=O)c2ccccc2C3=O)cc1. The first kappa shape index (κ1) is 15.0. The van der Waals surface area contributed by atoms with Crippen molar-refractivity contribution < 1.29 is 14.7 Å². The van der Waals surface area contributed by atoms with E-state index in [2.05, 4.69) is 5.32 Å². The molecule has 5 heteroatoms. The molecule has 0 aliphatic heterocycles. The van der Waals surface area contributed by atoms with Crippen LogP contribution < -0.4 is 11.1 Å². The van der Waals surface area contributed by atoms with Crippen LogP contribution in [0.1, 0.15) is 31.8 Å². The quantitative estimate of drug-likeness (QED) is 0.386. The van der Waals surface area contributed by atoms with Crippen LogP contribution in [0.25, 0.3) is 0 Å². The van der Waals surface area contributed by atoms with E-state index in [0.717, 1.165) is 5.69 Å². The Hall–Kier alpha value is -3.60. The number of rotatable bonds is 2. The fraction of sp³-hybridized carbons (Fsp3) is 0. The highest BCUT2D eigenvalue weighted by atomic mass is 16.3. The van der Waals surface area contributed by atoms with Crippen molar-refractivity contribution in [2.75, 3.05) is 11.1 Å². The Balaban J connectivity index is 1.88. The second-order valence-corrected chi connectivity index (χ2v) is 5.83. The topological polar surface area (TPSA) is 92.4 Å². The first-order valence-corrected chi connectivity index (χ1v) is 7.73. The van der Waals surface area contributed by atoms with Gasteiger partial charge in [-0.25, -0.2) is 0 Å². The lowest BCUT2D eigenvalue weighted by Gasteiger charge is -2.21. The Kier molecular flexibility index (Phi) is 3.28. The Morgan fingerprint density at radius 2 is 1.36 bits per heavy atom. The zero-order valence-corrected chi connectivity index (χ0v) is 13.1. The first-order chi connectivity index (χ1) is 12.1. The molecule has 25 heavy (non-hydrogen) atoms. The number of carbonyl (C=O) groups is 2. The molecular weight excluding hydrogens is 316 g/mol. The lowest BCUT2D eigenvalue weighted by molar-refractivity contribution is 0.0977. The first-order valence-electron chi connectivity index (χ1n) is 7.73. The van der Waals surface area contributed by atoms with E-state index in [1.807, 2.05) is 0 Å². The van der Waals surface area contributed by atoms with E-state index in [4.69, 9.17) is 5.73 Å². The third-order valence-corrected chi connectivity index (χ3v) is 4.24. The maximum absolute atomic E-state index is 12.9. The van der Waals surface area contributed by atoms with Gasteiger partial charge in [-0.05, 0) is 36.4 Å². The summed E-state index contributed by atoms with van der Waals surface area (Å²) in [6, 6.07) is 16.6. The molecule has 4 N–H and O–H groups in total. The lowest BCUT2D eigenvalue weighted by atomic mass is 9.82. The van der Waals surface area contributed by atoms with Gasteiger partial charge in [-0.3, -0.25) is 9.59 Å². The molecule has 0 heterocycles. The lowest BCUT2D eigenvalue weighted by Crippen LogP contribution is -2.22. The molecule has 3 aromatic carbocycles. The molecule has 4 rings (SSSR count). The normalized spacial score (nSPS) is 12.5. The summed E-state index contributed by atoms with van der Waals surface area (Å²) in [6.45, 7) is 0. The van der Waals surface area contributed by atoms with Crippen molar-refractivity contribution in [3.63, 3.8) is 0 Å². The van der Waals surface area contributed by atoms with Gasteiger partial charge in [-0.1, -0.05) is 24.3 Å². The summed E-state index contributed by atoms with van der Waals surface area (Å²) in [5.41, 5.74) is 8.35. The van der Waals surface area contributed by atoms with Gasteiger partial charge < -0.3 is 16.2 Å². The number of fused-ring (bicyclic) bond motifs is 2. The molecular formula is C20H14N2O3. The molecule has 122 valence electrons. The number of aromatic hydroxyl groups is 1. The van der Waals surface area contributed by atoms with Crippen LogP contribution in [-0.2, 0) is 0 Å². The minimum absolute atomic E-state index is 0.0316. The van der Waals surface area contributed by atoms with Crippen molar-refractivity contribution in [2.24, 2.45) is 0 Å². The fourth-order valence-electron chi connectivity index (χ4n) is 3.03. The predicted octanol–water partition coefficient (Wildman–Crippen LogP) is 3.49. The molecule has 0 atom stereocenters. The number of nitrogens with one attached hydrogen (secondary N) is 1. The average Bonchev–Trinajstić information content (AvgIpc) is 2.63. The molecule has 3 aromatic rings. The second-order valence-electron chi connectivity index (χ2n) is 5.83. The van der Waals surface area contributed by atoms with Gasteiger partial charge in [-0.15, -0.1) is 0 Å². The standard InChI is InChI=1S/C20H14N2O3/c21-11-5-7-12(8-6-11)22-15-9-10-16(23)18-17(15)19(24)13-3-1-2-4-14(13)20(18)25/h1-10,22-23H,21H2. The third kappa shape index (κ3) is 2.33. The molecule has 5 nitrogen and oxygen atoms in total. The van der Waals surface area contributed by atoms with Gasteiger partial charge in [-0.2, -0.15) is 0 Å². The number of phenols is 1.